The summed E-state index contributed by atoms with van der Waals surface area (Å²) in [7, 11) is 0. The SMILES string of the molecule is CC[C@@H](CO)Nc1nc(-c2ccncc2)nc2scc(-c3ccc(C)cc3)c12. The molecule has 0 saturated carbocycles. The summed E-state index contributed by atoms with van der Waals surface area (Å²) < 4.78 is 0. The second kappa shape index (κ2) is 8.04. The minimum Gasteiger partial charge on any atom is -0.394 e. The van der Waals surface area contributed by atoms with Crippen LogP contribution in [-0.2, 0) is 0 Å². The van der Waals surface area contributed by atoms with Crippen molar-refractivity contribution in [3.05, 3.63) is 59.7 Å². The number of thiophene rings is 1. The van der Waals surface area contributed by atoms with Gasteiger partial charge in [-0.15, -0.1) is 11.3 Å². The summed E-state index contributed by atoms with van der Waals surface area (Å²) >= 11 is 1.61. The predicted octanol–water partition coefficient (Wildman–Crippen LogP) is 4.91. The van der Waals surface area contributed by atoms with Crippen LogP contribution in [0.4, 0.5) is 5.82 Å². The number of hydrogen-bond acceptors (Lipinski definition) is 6. The number of aliphatic hydroxyl groups is 1. The maximum Gasteiger partial charge on any atom is 0.163 e. The molecule has 142 valence electrons. The van der Waals surface area contributed by atoms with Crippen LogP contribution >= 0.6 is 11.3 Å². The summed E-state index contributed by atoms with van der Waals surface area (Å²) in [5, 5.41) is 16.3. The molecule has 0 fully saturated rings. The number of rotatable bonds is 6. The average molecular weight is 391 g/mol. The largest absolute Gasteiger partial charge is 0.394 e. The highest BCUT2D eigenvalue weighted by molar-refractivity contribution is 7.17. The van der Waals surface area contributed by atoms with E-state index in [0.717, 1.165) is 39.1 Å². The normalized spacial score (nSPS) is 12.2. The number of pyridine rings is 1. The zero-order chi connectivity index (χ0) is 19.5. The molecule has 0 saturated heterocycles. The minimum atomic E-state index is -0.0610. The number of hydrogen-bond donors (Lipinski definition) is 2. The van der Waals surface area contributed by atoms with E-state index in [4.69, 9.17) is 9.97 Å². The van der Waals surface area contributed by atoms with Gasteiger partial charge in [-0.3, -0.25) is 4.98 Å². The van der Waals surface area contributed by atoms with Gasteiger partial charge in [-0.2, -0.15) is 0 Å². The monoisotopic (exact) mass is 390 g/mol. The quantitative estimate of drug-likeness (QED) is 0.489. The lowest BCUT2D eigenvalue weighted by atomic mass is 10.0. The Morgan fingerprint density at radius 3 is 2.46 bits per heavy atom. The van der Waals surface area contributed by atoms with Gasteiger partial charge in [0.1, 0.15) is 10.6 Å². The summed E-state index contributed by atoms with van der Waals surface area (Å²) in [6.07, 6.45) is 4.28. The number of nitrogens with zero attached hydrogens (tertiary/aromatic N) is 3. The van der Waals surface area contributed by atoms with Crippen LogP contribution in [0.5, 0.6) is 0 Å². The first-order chi connectivity index (χ1) is 13.7. The van der Waals surface area contributed by atoms with Crippen LogP contribution in [0.1, 0.15) is 18.9 Å². The molecule has 4 rings (SSSR count). The third-order valence-corrected chi connectivity index (χ3v) is 5.66. The van der Waals surface area contributed by atoms with Gasteiger partial charge in [-0.25, -0.2) is 9.97 Å². The molecule has 0 aliphatic rings. The molecule has 1 atom stereocenters. The van der Waals surface area contributed by atoms with Gasteiger partial charge < -0.3 is 10.4 Å². The van der Waals surface area contributed by atoms with E-state index in [-0.39, 0.29) is 12.6 Å². The number of aryl methyl sites for hydroxylation is 1. The van der Waals surface area contributed by atoms with Crippen molar-refractivity contribution in [3.8, 4) is 22.5 Å². The van der Waals surface area contributed by atoms with Crippen molar-refractivity contribution in [1.29, 1.82) is 0 Å². The molecule has 3 aromatic heterocycles. The van der Waals surface area contributed by atoms with Crippen LogP contribution in [0.15, 0.2) is 54.2 Å². The molecular weight excluding hydrogens is 368 g/mol. The number of nitrogens with one attached hydrogen (secondary N) is 1. The summed E-state index contributed by atoms with van der Waals surface area (Å²) in [4.78, 5) is 14.6. The Balaban J connectivity index is 1.90. The predicted molar refractivity (Wildman–Crippen MR) is 116 cm³/mol. The Labute approximate surface area is 168 Å². The minimum absolute atomic E-state index is 0.0522. The lowest BCUT2D eigenvalue weighted by Crippen LogP contribution is -2.23. The molecule has 6 heteroatoms. The first-order valence-electron chi connectivity index (χ1n) is 9.33. The van der Waals surface area contributed by atoms with Crippen molar-refractivity contribution in [2.45, 2.75) is 26.3 Å². The molecule has 0 spiro atoms. The fraction of sp³-hybridized carbons (Fsp3) is 0.227. The molecule has 0 amide bonds. The maximum absolute atomic E-state index is 9.70. The van der Waals surface area contributed by atoms with Crippen molar-refractivity contribution in [1.82, 2.24) is 15.0 Å². The molecule has 0 aliphatic carbocycles. The molecular formula is C22H22N4OS. The van der Waals surface area contributed by atoms with Crippen LogP contribution in [-0.4, -0.2) is 32.7 Å². The Morgan fingerprint density at radius 1 is 1.04 bits per heavy atom. The van der Waals surface area contributed by atoms with Crippen molar-refractivity contribution >= 4 is 27.4 Å². The van der Waals surface area contributed by atoms with Gasteiger partial charge in [0.2, 0.25) is 0 Å². The van der Waals surface area contributed by atoms with Crippen LogP contribution < -0.4 is 5.32 Å². The first-order valence-corrected chi connectivity index (χ1v) is 10.2. The topological polar surface area (TPSA) is 70.9 Å². The van der Waals surface area contributed by atoms with Gasteiger partial charge in [0.15, 0.2) is 5.82 Å². The molecule has 1 aromatic carbocycles. The average Bonchev–Trinajstić information content (AvgIpc) is 3.17. The number of aliphatic hydroxyl groups excluding tert-OH is 1. The second-order valence-electron chi connectivity index (χ2n) is 6.76. The number of aromatic nitrogens is 3. The van der Waals surface area contributed by atoms with Crippen molar-refractivity contribution < 1.29 is 5.11 Å². The van der Waals surface area contributed by atoms with E-state index in [0.29, 0.717) is 5.82 Å². The van der Waals surface area contributed by atoms with E-state index in [2.05, 4.69) is 46.9 Å². The van der Waals surface area contributed by atoms with Gasteiger partial charge in [-0.1, -0.05) is 36.8 Å². The van der Waals surface area contributed by atoms with Crippen molar-refractivity contribution in [2.75, 3.05) is 11.9 Å². The molecule has 5 nitrogen and oxygen atoms in total. The van der Waals surface area contributed by atoms with Gasteiger partial charge in [0, 0.05) is 28.9 Å². The molecule has 3 heterocycles. The highest BCUT2D eigenvalue weighted by Gasteiger charge is 2.18. The molecule has 2 N–H and O–H groups in total. The summed E-state index contributed by atoms with van der Waals surface area (Å²) in [5.74, 6) is 1.41. The Kier molecular flexibility index (Phi) is 5.32. The second-order valence-corrected chi connectivity index (χ2v) is 7.62. The highest BCUT2D eigenvalue weighted by atomic mass is 32.1. The lowest BCUT2D eigenvalue weighted by Gasteiger charge is -2.17. The fourth-order valence-corrected chi connectivity index (χ4v) is 4.04. The van der Waals surface area contributed by atoms with Crippen molar-refractivity contribution in [2.24, 2.45) is 0 Å². The Bertz CT molecular complexity index is 1070. The standard InChI is InChI=1S/C22H22N4OS/c1-3-17(12-27)24-21-19-18(15-6-4-14(2)5-7-15)13-28-22(19)26-20(25-21)16-8-10-23-11-9-16/h4-11,13,17,27H,3,12H2,1-2H3,(H,24,25,26)/t17-/m0/s1. The highest BCUT2D eigenvalue weighted by Crippen LogP contribution is 2.38. The van der Waals surface area contributed by atoms with E-state index in [9.17, 15) is 5.11 Å². The van der Waals surface area contributed by atoms with Crippen molar-refractivity contribution in [3.63, 3.8) is 0 Å². The van der Waals surface area contributed by atoms with Crippen LogP contribution in [0.25, 0.3) is 32.7 Å². The van der Waals surface area contributed by atoms with Gasteiger partial charge in [-0.05, 0) is 31.0 Å². The molecule has 0 unspecified atom stereocenters. The molecule has 28 heavy (non-hydrogen) atoms. The van der Waals surface area contributed by atoms with Gasteiger partial charge in [0.05, 0.1) is 18.0 Å². The zero-order valence-corrected chi connectivity index (χ0v) is 16.7. The Hall–Kier alpha value is -2.83. The van der Waals surface area contributed by atoms with Crippen LogP contribution in [0, 0.1) is 6.92 Å². The molecule has 0 aliphatic heterocycles. The van der Waals surface area contributed by atoms with E-state index in [1.807, 2.05) is 19.1 Å². The number of fused-ring (bicyclic) bond motifs is 1. The smallest absolute Gasteiger partial charge is 0.163 e. The summed E-state index contributed by atoms with van der Waals surface area (Å²) in [6.45, 7) is 4.18. The third-order valence-electron chi connectivity index (χ3n) is 4.79. The van der Waals surface area contributed by atoms with Crippen LogP contribution in [0.3, 0.4) is 0 Å². The zero-order valence-electron chi connectivity index (χ0n) is 15.9. The molecule has 0 radical (unpaired) electrons. The lowest BCUT2D eigenvalue weighted by molar-refractivity contribution is 0.271. The number of anilines is 1. The summed E-state index contributed by atoms with van der Waals surface area (Å²) in [5.41, 5.74) is 4.39. The maximum atomic E-state index is 9.70. The van der Waals surface area contributed by atoms with E-state index in [1.54, 1.807) is 23.7 Å². The van der Waals surface area contributed by atoms with E-state index >= 15 is 0 Å². The fourth-order valence-electron chi connectivity index (χ4n) is 3.09. The van der Waals surface area contributed by atoms with Crippen LogP contribution in [0.2, 0.25) is 0 Å². The summed E-state index contributed by atoms with van der Waals surface area (Å²) in [6, 6.07) is 12.2. The molecule has 0 bridgehead atoms. The Morgan fingerprint density at radius 2 is 1.79 bits per heavy atom. The van der Waals surface area contributed by atoms with E-state index in [1.165, 1.54) is 5.56 Å². The number of benzene rings is 1. The molecule has 4 aromatic rings. The third kappa shape index (κ3) is 3.61. The first kappa shape index (κ1) is 18.5. The van der Waals surface area contributed by atoms with E-state index < -0.39 is 0 Å². The van der Waals surface area contributed by atoms with Gasteiger partial charge in [0.25, 0.3) is 0 Å². The van der Waals surface area contributed by atoms with Gasteiger partial charge >= 0.3 is 0 Å².